The predicted octanol–water partition coefficient (Wildman–Crippen LogP) is 2.59. The summed E-state index contributed by atoms with van der Waals surface area (Å²) in [7, 11) is 5.13. The maximum Gasteiger partial charge on any atom is 0.310 e. The average Bonchev–Trinajstić information content (AvgIpc) is 3.02. The van der Waals surface area contributed by atoms with Gasteiger partial charge in [-0.25, -0.2) is 4.39 Å². The molecule has 2 atom stereocenters. The van der Waals surface area contributed by atoms with Gasteiger partial charge >= 0.3 is 5.97 Å². The molecule has 1 heterocycles. The number of ether oxygens (including phenoxy) is 1. The Morgan fingerprint density at radius 2 is 2.19 bits per heavy atom. The van der Waals surface area contributed by atoms with Crippen LogP contribution in [-0.2, 0) is 9.53 Å². The lowest BCUT2D eigenvalue weighted by molar-refractivity contribution is -0.145. The van der Waals surface area contributed by atoms with E-state index in [9.17, 15) is 9.18 Å². The monoisotopic (exact) mass is 492 g/mol. The maximum absolute atomic E-state index is 13.3. The van der Waals surface area contributed by atoms with E-state index in [1.165, 1.54) is 19.2 Å². The van der Waals surface area contributed by atoms with Crippen LogP contribution in [0.15, 0.2) is 29.3 Å². The molecule has 8 heteroatoms. The Hall–Kier alpha value is -1.58. The van der Waals surface area contributed by atoms with Gasteiger partial charge in [0.15, 0.2) is 5.96 Å². The van der Waals surface area contributed by atoms with Crippen molar-refractivity contribution in [2.24, 2.45) is 16.8 Å². The third kappa shape index (κ3) is 6.51. The van der Waals surface area contributed by atoms with E-state index in [1.807, 2.05) is 18.0 Å². The first kappa shape index (κ1) is 23.5. The highest BCUT2D eigenvalue weighted by Crippen LogP contribution is 2.24. The second-order valence-electron chi connectivity index (χ2n) is 6.74. The molecule has 0 aliphatic carbocycles. The lowest BCUT2D eigenvalue weighted by atomic mass is 9.99. The van der Waals surface area contributed by atoms with E-state index >= 15 is 0 Å². The number of benzene rings is 1. The number of anilines is 1. The number of aliphatic imine (C=N–C) groups is 1. The zero-order chi connectivity index (χ0) is 19.1. The molecule has 1 aliphatic heterocycles. The van der Waals surface area contributed by atoms with E-state index in [4.69, 9.17) is 4.74 Å². The molecule has 0 bridgehead atoms. The Labute approximate surface area is 178 Å². The number of hydrogen-bond acceptors (Lipinski definition) is 4. The van der Waals surface area contributed by atoms with Crippen LogP contribution >= 0.6 is 24.0 Å². The number of rotatable bonds is 6. The Balaban J connectivity index is 0.00000364. The van der Waals surface area contributed by atoms with Gasteiger partial charge < -0.3 is 19.9 Å². The predicted molar refractivity (Wildman–Crippen MR) is 117 cm³/mol. The minimum Gasteiger partial charge on any atom is -0.469 e. The minimum atomic E-state index is -0.226. The van der Waals surface area contributed by atoms with Gasteiger partial charge in [0.05, 0.1) is 13.0 Å². The van der Waals surface area contributed by atoms with Crippen molar-refractivity contribution in [1.82, 2.24) is 10.2 Å². The van der Waals surface area contributed by atoms with E-state index in [1.54, 1.807) is 13.1 Å². The summed E-state index contributed by atoms with van der Waals surface area (Å²) in [6, 6.07) is 6.59. The number of carbonyl (C=O) groups is 1. The van der Waals surface area contributed by atoms with Crippen LogP contribution in [0.5, 0.6) is 0 Å². The molecule has 27 heavy (non-hydrogen) atoms. The van der Waals surface area contributed by atoms with E-state index in [0.717, 1.165) is 37.7 Å². The molecule has 0 saturated carbocycles. The van der Waals surface area contributed by atoms with Crippen molar-refractivity contribution in [3.05, 3.63) is 30.1 Å². The number of esters is 1. The first-order valence-corrected chi connectivity index (χ1v) is 8.96. The third-order valence-electron chi connectivity index (χ3n) is 4.83. The molecule has 0 aromatic heterocycles. The van der Waals surface area contributed by atoms with Crippen LogP contribution in [0.2, 0.25) is 0 Å². The number of methoxy groups -OCH3 is 1. The lowest BCUT2D eigenvalue weighted by Crippen LogP contribution is -2.41. The first-order chi connectivity index (χ1) is 12.5. The second-order valence-corrected chi connectivity index (χ2v) is 6.74. The molecule has 1 fully saturated rings. The van der Waals surface area contributed by atoms with Crippen molar-refractivity contribution in [3.8, 4) is 0 Å². The lowest BCUT2D eigenvalue weighted by Gasteiger charge is -2.23. The number of carbonyl (C=O) groups excluding carboxylic acids is 1. The molecule has 1 aliphatic rings. The first-order valence-electron chi connectivity index (χ1n) is 8.96. The molecule has 152 valence electrons. The summed E-state index contributed by atoms with van der Waals surface area (Å²) in [5.74, 6) is 0.540. The standard InChI is InChI=1S/C19H29FN4O2.HI/c1-14-12-24(13-17(14)18(25)26-4)19(21-2)22-9-6-10-23(3)16-8-5-7-15(20)11-16;/h5,7-8,11,14,17H,6,9-10,12-13H2,1-4H3,(H,21,22);1H. The van der Waals surface area contributed by atoms with Crippen LogP contribution in [0.25, 0.3) is 0 Å². The van der Waals surface area contributed by atoms with Gasteiger partial charge in [-0.05, 0) is 30.5 Å². The Morgan fingerprint density at radius 3 is 2.81 bits per heavy atom. The van der Waals surface area contributed by atoms with Crippen LogP contribution in [0.3, 0.4) is 0 Å². The van der Waals surface area contributed by atoms with Gasteiger partial charge in [0.25, 0.3) is 0 Å². The van der Waals surface area contributed by atoms with Crippen LogP contribution in [0.1, 0.15) is 13.3 Å². The van der Waals surface area contributed by atoms with Crippen LogP contribution < -0.4 is 10.2 Å². The second kappa shape index (κ2) is 11.3. The van der Waals surface area contributed by atoms with E-state index in [-0.39, 0.29) is 47.6 Å². The normalized spacial score (nSPS) is 19.4. The van der Waals surface area contributed by atoms with E-state index in [0.29, 0.717) is 6.54 Å². The zero-order valence-electron chi connectivity index (χ0n) is 16.4. The smallest absolute Gasteiger partial charge is 0.310 e. The van der Waals surface area contributed by atoms with Crippen LogP contribution in [0.4, 0.5) is 10.1 Å². The Morgan fingerprint density at radius 1 is 1.44 bits per heavy atom. The summed E-state index contributed by atoms with van der Waals surface area (Å²) < 4.78 is 18.2. The highest BCUT2D eigenvalue weighted by Gasteiger charge is 2.36. The molecule has 6 nitrogen and oxygen atoms in total. The topological polar surface area (TPSA) is 57.2 Å². The van der Waals surface area contributed by atoms with Gasteiger partial charge in [-0.2, -0.15) is 0 Å². The third-order valence-corrected chi connectivity index (χ3v) is 4.83. The number of likely N-dealkylation sites (tertiary alicyclic amines) is 1. The fraction of sp³-hybridized carbons (Fsp3) is 0.579. The van der Waals surface area contributed by atoms with Gasteiger partial charge in [-0.15, -0.1) is 24.0 Å². The quantitative estimate of drug-likeness (QED) is 0.218. The molecule has 2 rings (SSSR count). The van der Waals surface area contributed by atoms with Crippen LogP contribution in [0, 0.1) is 17.7 Å². The molecule has 0 spiro atoms. The summed E-state index contributed by atoms with van der Waals surface area (Å²) in [5, 5.41) is 3.35. The summed E-state index contributed by atoms with van der Waals surface area (Å²) in [6.45, 7) is 5.01. The number of halogens is 2. The molecular weight excluding hydrogens is 462 g/mol. The number of nitrogens with one attached hydrogen (secondary N) is 1. The summed E-state index contributed by atoms with van der Waals surface area (Å²) in [6.07, 6.45) is 0.885. The zero-order valence-corrected chi connectivity index (χ0v) is 18.8. The molecular formula is C19H30FIN4O2. The average molecular weight is 492 g/mol. The Kier molecular flexibility index (Phi) is 9.82. The SMILES string of the molecule is CN=C(NCCCN(C)c1cccc(F)c1)N1CC(C)C(C(=O)OC)C1.I. The Bertz CT molecular complexity index is 644. The molecule has 1 aromatic carbocycles. The largest absolute Gasteiger partial charge is 0.469 e. The number of nitrogens with zero attached hydrogens (tertiary/aromatic N) is 3. The molecule has 1 aromatic rings. The highest BCUT2D eigenvalue weighted by molar-refractivity contribution is 14.0. The van der Waals surface area contributed by atoms with E-state index in [2.05, 4.69) is 22.1 Å². The van der Waals surface area contributed by atoms with Gasteiger partial charge in [-0.3, -0.25) is 9.79 Å². The van der Waals surface area contributed by atoms with Gasteiger partial charge in [-0.1, -0.05) is 13.0 Å². The number of hydrogen-bond donors (Lipinski definition) is 1. The maximum atomic E-state index is 13.3. The number of guanidine groups is 1. The van der Waals surface area contributed by atoms with Crippen molar-refractivity contribution in [1.29, 1.82) is 0 Å². The molecule has 2 unspecified atom stereocenters. The summed E-state index contributed by atoms with van der Waals surface area (Å²) >= 11 is 0. The van der Waals surface area contributed by atoms with Crippen LogP contribution in [-0.4, -0.2) is 64.2 Å². The highest BCUT2D eigenvalue weighted by atomic mass is 127. The minimum absolute atomic E-state index is 0. The fourth-order valence-electron chi connectivity index (χ4n) is 3.29. The summed E-state index contributed by atoms with van der Waals surface area (Å²) in [5.41, 5.74) is 0.865. The fourth-order valence-corrected chi connectivity index (χ4v) is 3.29. The molecule has 1 saturated heterocycles. The molecule has 1 N–H and O–H groups in total. The van der Waals surface area contributed by atoms with Gasteiger partial charge in [0.1, 0.15) is 5.82 Å². The van der Waals surface area contributed by atoms with Crippen molar-refractivity contribution >= 4 is 41.6 Å². The van der Waals surface area contributed by atoms with Crippen molar-refractivity contribution < 1.29 is 13.9 Å². The summed E-state index contributed by atoms with van der Waals surface area (Å²) in [4.78, 5) is 20.3. The van der Waals surface area contributed by atoms with Gasteiger partial charge in [0.2, 0.25) is 0 Å². The van der Waals surface area contributed by atoms with Gasteiger partial charge in [0, 0.05) is 46.0 Å². The molecule has 0 radical (unpaired) electrons. The molecule has 0 amide bonds. The van der Waals surface area contributed by atoms with Crippen molar-refractivity contribution in [2.75, 3.05) is 52.3 Å². The van der Waals surface area contributed by atoms with Crippen molar-refractivity contribution in [3.63, 3.8) is 0 Å². The van der Waals surface area contributed by atoms with E-state index < -0.39 is 0 Å². The van der Waals surface area contributed by atoms with Crippen molar-refractivity contribution in [2.45, 2.75) is 13.3 Å².